The third-order valence-electron chi connectivity index (χ3n) is 4.97. The Morgan fingerprint density at radius 1 is 1.00 bits per heavy atom. The summed E-state index contributed by atoms with van der Waals surface area (Å²) in [7, 11) is -3.45. The van der Waals surface area contributed by atoms with Crippen molar-refractivity contribution in [3.63, 3.8) is 0 Å². The second-order valence-electron chi connectivity index (χ2n) is 7.60. The maximum absolute atomic E-state index is 12.2. The number of thioether (sulfide) groups is 2. The Hall–Kier alpha value is -1.68. The fraction of sp³-hybridized carbons (Fsp3) is 0.409. The maximum atomic E-state index is 12.2. The molecular weight excluding hydrogens is 452 g/mol. The van der Waals surface area contributed by atoms with Gasteiger partial charge in [-0.1, -0.05) is 24.3 Å². The van der Waals surface area contributed by atoms with Gasteiger partial charge in [-0.15, -0.1) is 23.5 Å². The smallest absolute Gasteiger partial charge is 0.258 e. The first-order valence-corrected chi connectivity index (χ1v) is 13.9. The Kier molecular flexibility index (Phi) is 7.47. The lowest BCUT2D eigenvalue weighted by Crippen LogP contribution is -2.28. The Balaban J connectivity index is 1.21. The predicted octanol–water partition coefficient (Wildman–Crippen LogP) is 3.69. The molecule has 2 N–H and O–H groups in total. The Labute approximate surface area is 192 Å². The van der Waals surface area contributed by atoms with Gasteiger partial charge < -0.3 is 10.1 Å². The minimum absolute atomic E-state index is 0.0654. The van der Waals surface area contributed by atoms with Gasteiger partial charge in [-0.25, -0.2) is 13.1 Å². The molecule has 0 aromatic heterocycles. The van der Waals surface area contributed by atoms with Crippen LogP contribution in [0.3, 0.4) is 0 Å². The standard InChI is InChI=1S/C22H26N2O4S3/c25-21(15-28-19-8-4-17(5-9-19)22-29-12-1-13-30-22)23-14-16-2-10-20(11-3-16)31(26,27)24-18-6-7-18/h2-5,8-11,18,22,24H,1,6-7,12-15H2,(H,23,25). The molecular formula is C22H26N2O4S3. The van der Waals surface area contributed by atoms with E-state index in [0.29, 0.717) is 16.9 Å². The SMILES string of the molecule is O=C(COc1ccc(C2SCCCS2)cc1)NCc1ccc(S(=O)(=O)NC2CC2)cc1. The van der Waals surface area contributed by atoms with E-state index >= 15 is 0 Å². The van der Waals surface area contributed by atoms with Crippen molar-refractivity contribution in [2.75, 3.05) is 18.1 Å². The van der Waals surface area contributed by atoms with Gasteiger partial charge >= 0.3 is 0 Å². The number of amides is 1. The van der Waals surface area contributed by atoms with E-state index in [-0.39, 0.29) is 23.5 Å². The van der Waals surface area contributed by atoms with Crippen molar-refractivity contribution in [2.45, 2.75) is 41.3 Å². The summed E-state index contributed by atoms with van der Waals surface area (Å²) in [5, 5.41) is 2.80. The molecule has 1 aliphatic heterocycles. The summed E-state index contributed by atoms with van der Waals surface area (Å²) >= 11 is 3.95. The molecule has 2 aliphatic rings. The minimum atomic E-state index is -3.45. The van der Waals surface area contributed by atoms with Gasteiger partial charge in [-0.3, -0.25) is 4.79 Å². The van der Waals surface area contributed by atoms with Crippen LogP contribution in [-0.2, 0) is 21.4 Å². The predicted molar refractivity (Wildman–Crippen MR) is 126 cm³/mol. The molecule has 9 heteroatoms. The monoisotopic (exact) mass is 478 g/mol. The molecule has 0 radical (unpaired) electrons. The zero-order valence-electron chi connectivity index (χ0n) is 17.1. The van der Waals surface area contributed by atoms with Crippen LogP contribution >= 0.6 is 23.5 Å². The van der Waals surface area contributed by atoms with Crippen LogP contribution in [0.5, 0.6) is 5.75 Å². The van der Waals surface area contributed by atoms with Gasteiger partial charge in [0, 0.05) is 12.6 Å². The fourth-order valence-corrected chi connectivity index (χ4v) is 7.28. The molecule has 1 amide bonds. The van der Waals surface area contributed by atoms with Crippen LogP contribution in [0.4, 0.5) is 0 Å². The van der Waals surface area contributed by atoms with Crippen molar-refractivity contribution < 1.29 is 17.9 Å². The number of sulfonamides is 1. The Morgan fingerprint density at radius 3 is 2.32 bits per heavy atom. The summed E-state index contributed by atoms with van der Waals surface area (Å²) in [6, 6.07) is 14.6. The summed E-state index contributed by atoms with van der Waals surface area (Å²) in [5.74, 6) is 2.84. The van der Waals surface area contributed by atoms with Crippen molar-refractivity contribution >= 4 is 39.5 Å². The first-order valence-electron chi connectivity index (χ1n) is 10.3. The molecule has 31 heavy (non-hydrogen) atoms. The van der Waals surface area contributed by atoms with E-state index in [1.807, 2.05) is 35.7 Å². The van der Waals surface area contributed by atoms with E-state index in [4.69, 9.17) is 4.74 Å². The number of carbonyl (C=O) groups excluding carboxylic acids is 1. The normalized spacial score (nSPS) is 17.3. The molecule has 2 fully saturated rings. The van der Waals surface area contributed by atoms with E-state index in [1.165, 1.54) is 23.5 Å². The number of benzene rings is 2. The van der Waals surface area contributed by atoms with Crippen LogP contribution < -0.4 is 14.8 Å². The molecule has 0 unspecified atom stereocenters. The molecule has 2 aromatic rings. The van der Waals surface area contributed by atoms with Crippen LogP contribution in [-0.4, -0.2) is 38.5 Å². The largest absolute Gasteiger partial charge is 0.484 e. The van der Waals surface area contributed by atoms with E-state index in [2.05, 4.69) is 22.2 Å². The molecule has 166 valence electrons. The lowest BCUT2D eigenvalue weighted by Gasteiger charge is -2.21. The van der Waals surface area contributed by atoms with E-state index in [0.717, 1.165) is 18.4 Å². The molecule has 1 aliphatic carbocycles. The van der Waals surface area contributed by atoms with Gasteiger partial charge in [-0.05, 0) is 66.2 Å². The molecule has 0 bridgehead atoms. The van der Waals surface area contributed by atoms with Gasteiger partial charge in [-0.2, -0.15) is 0 Å². The van der Waals surface area contributed by atoms with E-state index in [9.17, 15) is 13.2 Å². The Morgan fingerprint density at radius 2 is 1.68 bits per heavy atom. The van der Waals surface area contributed by atoms with Crippen molar-refractivity contribution in [2.24, 2.45) is 0 Å². The fourth-order valence-electron chi connectivity index (χ4n) is 3.08. The van der Waals surface area contributed by atoms with Gasteiger partial charge in [0.15, 0.2) is 6.61 Å². The topological polar surface area (TPSA) is 84.5 Å². The van der Waals surface area contributed by atoms with Crippen molar-refractivity contribution in [1.29, 1.82) is 0 Å². The van der Waals surface area contributed by atoms with E-state index in [1.54, 1.807) is 24.3 Å². The Bertz CT molecular complexity index is 984. The number of ether oxygens (including phenoxy) is 1. The highest BCUT2D eigenvalue weighted by molar-refractivity contribution is 8.16. The van der Waals surface area contributed by atoms with Gasteiger partial charge in [0.25, 0.3) is 5.91 Å². The van der Waals surface area contributed by atoms with Crippen molar-refractivity contribution in [1.82, 2.24) is 10.0 Å². The van der Waals surface area contributed by atoms with Gasteiger partial charge in [0.1, 0.15) is 5.75 Å². The van der Waals surface area contributed by atoms with Crippen LogP contribution in [0.25, 0.3) is 0 Å². The summed E-state index contributed by atoms with van der Waals surface area (Å²) in [4.78, 5) is 12.4. The molecule has 0 atom stereocenters. The highest BCUT2D eigenvalue weighted by Gasteiger charge is 2.27. The third-order valence-corrected chi connectivity index (χ3v) is 9.52. The van der Waals surface area contributed by atoms with Crippen molar-refractivity contribution in [3.8, 4) is 5.75 Å². The first kappa shape index (κ1) is 22.5. The van der Waals surface area contributed by atoms with Crippen LogP contribution in [0.1, 0.15) is 35.0 Å². The summed E-state index contributed by atoms with van der Waals surface area (Å²) in [6.07, 6.45) is 3.06. The zero-order valence-corrected chi connectivity index (χ0v) is 19.5. The number of hydrogen-bond donors (Lipinski definition) is 2. The second-order valence-corrected chi connectivity index (χ2v) is 12.0. The number of carbonyl (C=O) groups is 1. The molecule has 2 aromatic carbocycles. The van der Waals surface area contributed by atoms with Crippen molar-refractivity contribution in [3.05, 3.63) is 59.7 Å². The van der Waals surface area contributed by atoms with Crippen LogP contribution in [0.2, 0.25) is 0 Å². The summed E-state index contributed by atoms with van der Waals surface area (Å²) < 4.78 is 33.1. The number of nitrogens with one attached hydrogen (secondary N) is 2. The molecule has 1 heterocycles. The lowest BCUT2D eigenvalue weighted by atomic mass is 10.2. The highest BCUT2D eigenvalue weighted by atomic mass is 32.2. The number of rotatable bonds is 9. The third kappa shape index (κ3) is 6.65. The highest BCUT2D eigenvalue weighted by Crippen LogP contribution is 2.43. The lowest BCUT2D eigenvalue weighted by molar-refractivity contribution is -0.123. The quantitative estimate of drug-likeness (QED) is 0.572. The van der Waals surface area contributed by atoms with Gasteiger partial charge in [0.2, 0.25) is 10.0 Å². The molecule has 1 saturated heterocycles. The van der Waals surface area contributed by atoms with Gasteiger partial charge in [0.05, 0.1) is 9.48 Å². The zero-order chi connectivity index (χ0) is 21.7. The molecule has 1 saturated carbocycles. The second kappa shape index (κ2) is 10.3. The van der Waals surface area contributed by atoms with Crippen LogP contribution in [0.15, 0.2) is 53.4 Å². The molecule has 0 spiro atoms. The molecule has 6 nitrogen and oxygen atoms in total. The summed E-state index contributed by atoms with van der Waals surface area (Å²) in [6.45, 7) is 0.248. The number of hydrogen-bond acceptors (Lipinski definition) is 6. The average Bonchev–Trinajstić information content (AvgIpc) is 3.61. The maximum Gasteiger partial charge on any atom is 0.258 e. The van der Waals surface area contributed by atoms with E-state index < -0.39 is 10.0 Å². The average molecular weight is 479 g/mol. The van der Waals surface area contributed by atoms with Crippen LogP contribution in [0, 0.1) is 0 Å². The molecule has 4 rings (SSSR count). The summed E-state index contributed by atoms with van der Waals surface area (Å²) in [5.41, 5.74) is 2.11. The minimum Gasteiger partial charge on any atom is -0.484 e. The first-order chi connectivity index (χ1) is 15.0.